The van der Waals surface area contributed by atoms with Crippen molar-refractivity contribution in [1.29, 1.82) is 0 Å². The van der Waals surface area contributed by atoms with Crippen LogP contribution >= 0.6 is 0 Å². The fourth-order valence-electron chi connectivity index (χ4n) is 2.68. The maximum Gasteiger partial charge on any atom is 0.307 e. The molecule has 6 nitrogen and oxygen atoms in total. The highest BCUT2D eigenvalue weighted by atomic mass is 16.5. The van der Waals surface area contributed by atoms with Gasteiger partial charge in [0.2, 0.25) is 5.89 Å². The number of nitrogens with zero attached hydrogens (tertiary/aromatic N) is 3. The number of likely N-dealkylation sites (N-methyl/N-ethyl adjacent to an activating group) is 1. The molecule has 0 bridgehead atoms. The molecule has 2 rings (SSSR count). The van der Waals surface area contributed by atoms with Gasteiger partial charge in [-0.1, -0.05) is 12.1 Å². The first-order valence-corrected chi connectivity index (χ1v) is 6.67. The van der Waals surface area contributed by atoms with Crippen LogP contribution in [0.1, 0.15) is 37.4 Å². The van der Waals surface area contributed by atoms with Crippen LogP contribution < -0.4 is 0 Å². The normalized spacial score (nSPS) is 27.1. The molecule has 3 unspecified atom stereocenters. The van der Waals surface area contributed by atoms with Crippen LogP contribution in [-0.2, 0) is 11.2 Å². The third-order valence-electron chi connectivity index (χ3n) is 3.70. The molecule has 0 aromatic carbocycles. The summed E-state index contributed by atoms with van der Waals surface area (Å²) >= 11 is 0. The molecule has 1 fully saturated rings. The zero-order chi connectivity index (χ0) is 14.0. The molecule has 1 N–H and O–H groups in total. The van der Waals surface area contributed by atoms with Crippen LogP contribution in [0.4, 0.5) is 0 Å². The SMILES string of the molecule is CC1CC(C(=O)O)C(c2nc(CCN(C)C)no2)C1. The lowest BCUT2D eigenvalue weighted by molar-refractivity contribution is -0.142. The summed E-state index contributed by atoms with van der Waals surface area (Å²) in [6.07, 6.45) is 2.22. The summed E-state index contributed by atoms with van der Waals surface area (Å²) in [4.78, 5) is 17.7. The fraction of sp³-hybridized carbons (Fsp3) is 0.769. The highest BCUT2D eigenvalue weighted by Crippen LogP contribution is 2.42. The summed E-state index contributed by atoms with van der Waals surface area (Å²) in [5, 5.41) is 13.2. The van der Waals surface area contributed by atoms with Crippen LogP contribution in [0.15, 0.2) is 4.52 Å². The third kappa shape index (κ3) is 3.32. The van der Waals surface area contributed by atoms with Gasteiger partial charge in [0.25, 0.3) is 0 Å². The Hall–Kier alpha value is -1.43. The zero-order valence-corrected chi connectivity index (χ0v) is 11.7. The van der Waals surface area contributed by atoms with Gasteiger partial charge < -0.3 is 14.5 Å². The number of carbonyl (C=O) groups is 1. The largest absolute Gasteiger partial charge is 0.481 e. The Morgan fingerprint density at radius 2 is 2.21 bits per heavy atom. The molecule has 0 aliphatic heterocycles. The van der Waals surface area contributed by atoms with Crippen LogP contribution in [-0.4, -0.2) is 46.8 Å². The van der Waals surface area contributed by atoms with E-state index in [9.17, 15) is 9.90 Å². The van der Waals surface area contributed by atoms with Gasteiger partial charge in [-0.05, 0) is 32.9 Å². The lowest BCUT2D eigenvalue weighted by Crippen LogP contribution is -2.17. The van der Waals surface area contributed by atoms with Crippen LogP contribution in [0.5, 0.6) is 0 Å². The summed E-state index contributed by atoms with van der Waals surface area (Å²) in [5.74, 6) is 0.258. The molecule has 0 amide bonds. The average Bonchev–Trinajstić information content (AvgIpc) is 2.92. The maximum absolute atomic E-state index is 11.3. The van der Waals surface area contributed by atoms with Gasteiger partial charge in [0.1, 0.15) is 0 Å². The van der Waals surface area contributed by atoms with Gasteiger partial charge in [-0.25, -0.2) is 0 Å². The Morgan fingerprint density at radius 3 is 2.84 bits per heavy atom. The van der Waals surface area contributed by atoms with E-state index in [1.54, 1.807) is 0 Å². The molecule has 106 valence electrons. The fourth-order valence-corrected chi connectivity index (χ4v) is 2.68. The molecule has 1 aromatic heterocycles. The van der Waals surface area contributed by atoms with Gasteiger partial charge >= 0.3 is 5.97 Å². The molecule has 0 radical (unpaired) electrons. The minimum Gasteiger partial charge on any atom is -0.481 e. The van der Waals surface area contributed by atoms with E-state index in [0.717, 1.165) is 19.4 Å². The van der Waals surface area contributed by atoms with Gasteiger partial charge in [0, 0.05) is 13.0 Å². The van der Waals surface area contributed by atoms with E-state index in [2.05, 4.69) is 17.1 Å². The molecule has 1 aliphatic rings. The molecular formula is C13H21N3O3. The minimum atomic E-state index is -0.762. The van der Waals surface area contributed by atoms with Crippen LogP contribution in [0.3, 0.4) is 0 Å². The summed E-state index contributed by atoms with van der Waals surface area (Å²) in [7, 11) is 3.97. The van der Waals surface area contributed by atoms with Gasteiger partial charge in [0.15, 0.2) is 5.82 Å². The van der Waals surface area contributed by atoms with Crippen molar-refractivity contribution >= 4 is 5.97 Å². The predicted octanol–water partition coefficient (Wildman–Crippen LogP) is 1.39. The van der Waals surface area contributed by atoms with Crippen molar-refractivity contribution in [2.75, 3.05) is 20.6 Å². The van der Waals surface area contributed by atoms with Gasteiger partial charge in [-0.3, -0.25) is 4.79 Å². The number of aliphatic carboxylic acids is 1. The molecular weight excluding hydrogens is 246 g/mol. The molecule has 19 heavy (non-hydrogen) atoms. The van der Waals surface area contributed by atoms with E-state index < -0.39 is 11.9 Å². The Balaban J connectivity index is 2.06. The quantitative estimate of drug-likeness (QED) is 0.868. The van der Waals surface area contributed by atoms with E-state index in [1.165, 1.54) is 0 Å². The molecule has 1 saturated carbocycles. The second-order valence-corrected chi connectivity index (χ2v) is 5.73. The van der Waals surface area contributed by atoms with E-state index in [-0.39, 0.29) is 5.92 Å². The first-order valence-electron chi connectivity index (χ1n) is 6.67. The number of aromatic nitrogens is 2. The highest BCUT2D eigenvalue weighted by Gasteiger charge is 2.41. The first-order chi connectivity index (χ1) is 8.97. The van der Waals surface area contributed by atoms with Gasteiger partial charge in [0.05, 0.1) is 11.8 Å². The van der Waals surface area contributed by atoms with Crippen molar-refractivity contribution in [3.8, 4) is 0 Å². The molecule has 0 saturated heterocycles. The molecule has 6 heteroatoms. The summed E-state index contributed by atoms with van der Waals surface area (Å²) in [6, 6.07) is 0. The maximum atomic E-state index is 11.3. The van der Waals surface area contributed by atoms with Gasteiger partial charge in [-0.2, -0.15) is 4.98 Å². The molecule has 1 heterocycles. The van der Waals surface area contributed by atoms with Crippen LogP contribution in [0, 0.1) is 11.8 Å². The molecule has 0 spiro atoms. The summed E-state index contributed by atoms with van der Waals surface area (Å²) in [5.41, 5.74) is 0. The number of rotatable bonds is 5. The van der Waals surface area contributed by atoms with Crippen molar-refractivity contribution in [3.63, 3.8) is 0 Å². The van der Waals surface area contributed by atoms with Crippen LogP contribution in [0.2, 0.25) is 0 Å². The van der Waals surface area contributed by atoms with E-state index >= 15 is 0 Å². The second-order valence-electron chi connectivity index (χ2n) is 5.73. The Bertz CT molecular complexity index is 444. The number of carboxylic acids is 1. The molecule has 3 atom stereocenters. The van der Waals surface area contributed by atoms with Crippen LogP contribution in [0.25, 0.3) is 0 Å². The van der Waals surface area contributed by atoms with Crippen molar-refractivity contribution < 1.29 is 14.4 Å². The van der Waals surface area contributed by atoms with Gasteiger partial charge in [-0.15, -0.1) is 0 Å². The van der Waals surface area contributed by atoms with E-state index in [0.29, 0.717) is 24.1 Å². The van der Waals surface area contributed by atoms with E-state index in [1.807, 2.05) is 19.0 Å². The monoisotopic (exact) mass is 267 g/mol. The summed E-state index contributed by atoms with van der Waals surface area (Å²) < 4.78 is 5.27. The van der Waals surface area contributed by atoms with Crippen molar-refractivity contribution in [1.82, 2.24) is 15.0 Å². The number of carboxylic acid groups (broad SMARTS) is 1. The Labute approximate surface area is 112 Å². The van der Waals surface area contributed by atoms with Crippen molar-refractivity contribution in [2.45, 2.75) is 32.1 Å². The Kier molecular flexibility index (Phi) is 4.19. The predicted molar refractivity (Wildman–Crippen MR) is 68.8 cm³/mol. The average molecular weight is 267 g/mol. The Morgan fingerprint density at radius 1 is 1.47 bits per heavy atom. The molecule has 1 aliphatic carbocycles. The third-order valence-corrected chi connectivity index (χ3v) is 3.70. The first kappa shape index (κ1) is 14.0. The summed E-state index contributed by atoms with van der Waals surface area (Å²) in [6.45, 7) is 2.92. The van der Waals surface area contributed by atoms with E-state index in [4.69, 9.17) is 4.52 Å². The van der Waals surface area contributed by atoms with Crippen molar-refractivity contribution in [3.05, 3.63) is 11.7 Å². The standard InChI is InChI=1S/C13H21N3O3/c1-8-6-9(10(7-8)13(17)18)12-14-11(15-19-12)4-5-16(2)3/h8-10H,4-7H2,1-3H3,(H,17,18). The van der Waals surface area contributed by atoms with Crippen molar-refractivity contribution in [2.24, 2.45) is 11.8 Å². The number of hydrogen-bond acceptors (Lipinski definition) is 5. The second kappa shape index (κ2) is 5.69. The highest BCUT2D eigenvalue weighted by molar-refractivity contribution is 5.71. The lowest BCUT2D eigenvalue weighted by Gasteiger charge is -2.10. The topological polar surface area (TPSA) is 79.5 Å². The minimum absolute atomic E-state index is 0.131. The molecule has 1 aromatic rings. The smallest absolute Gasteiger partial charge is 0.307 e. The zero-order valence-electron chi connectivity index (χ0n) is 11.7. The number of hydrogen-bond donors (Lipinski definition) is 1. The lowest BCUT2D eigenvalue weighted by atomic mass is 9.96.